The fourth-order valence-corrected chi connectivity index (χ4v) is 1.28. The normalized spacial score (nSPS) is 22.9. The average molecular weight is 216 g/mol. The van der Waals surface area contributed by atoms with E-state index >= 15 is 0 Å². The number of hydrogen-bond acceptors (Lipinski definition) is 5. The Kier molecular flexibility index (Phi) is 4.51. The van der Waals surface area contributed by atoms with Gasteiger partial charge >= 0.3 is 5.97 Å². The van der Waals surface area contributed by atoms with Crippen LogP contribution in [0.3, 0.4) is 0 Å². The molecule has 6 nitrogen and oxygen atoms in total. The Balaban J connectivity index is 2.36. The molecule has 86 valence electrons. The molecule has 0 aromatic carbocycles. The molecule has 0 aliphatic carbocycles. The summed E-state index contributed by atoms with van der Waals surface area (Å²) in [5.74, 6) is -0.757. The van der Waals surface area contributed by atoms with E-state index in [1.165, 1.54) is 7.11 Å². The third-order valence-electron chi connectivity index (χ3n) is 2.13. The summed E-state index contributed by atoms with van der Waals surface area (Å²) in [6.45, 7) is 3.29. The fraction of sp³-hybridized carbons (Fsp3) is 0.778. The summed E-state index contributed by atoms with van der Waals surface area (Å²) in [4.78, 5) is 22.6. The number of nitrogens with one attached hydrogen (secondary N) is 2. The van der Waals surface area contributed by atoms with E-state index in [4.69, 9.17) is 4.74 Å². The van der Waals surface area contributed by atoms with Gasteiger partial charge in [0.1, 0.15) is 12.1 Å². The molecule has 0 aromatic rings. The predicted octanol–water partition coefficient (Wildman–Crippen LogP) is -1.35. The van der Waals surface area contributed by atoms with Gasteiger partial charge in [0.2, 0.25) is 0 Å². The highest BCUT2D eigenvalue weighted by Gasteiger charge is 2.25. The van der Waals surface area contributed by atoms with Crippen molar-refractivity contribution in [2.45, 2.75) is 19.1 Å². The van der Waals surface area contributed by atoms with Crippen LogP contribution < -0.4 is 10.6 Å². The predicted molar refractivity (Wildman–Crippen MR) is 52.2 cm³/mol. The highest BCUT2D eigenvalue weighted by atomic mass is 16.5. The summed E-state index contributed by atoms with van der Waals surface area (Å²) < 4.78 is 9.72. The summed E-state index contributed by atoms with van der Waals surface area (Å²) >= 11 is 0. The van der Waals surface area contributed by atoms with Gasteiger partial charge in [0, 0.05) is 13.1 Å². The van der Waals surface area contributed by atoms with Gasteiger partial charge in [-0.25, -0.2) is 4.79 Å². The van der Waals surface area contributed by atoms with Gasteiger partial charge in [-0.3, -0.25) is 4.79 Å². The molecule has 2 N–H and O–H groups in total. The lowest BCUT2D eigenvalue weighted by Gasteiger charge is -2.23. The van der Waals surface area contributed by atoms with Crippen molar-refractivity contribution in [1.82, 2.24) is 10.6 Å². The van der Waals surface area contributed by atoms with Crippen molar-refractivity contribution in [3.8, 4) is 0 Å². The fourth-order valence-electron chi connectivity index (χ4n) is 1.28. The number of carbonyl (C=O) groups is 2. The van der Waals surface area contributed by atoms with Gasteiger partial charge < -0.3 is 20.1 Å². The number of esters is 1. The molecule has 0 radical (unpaired) electrons. The maximum Gasteiger partial charge on any atom is 0.328 e. The van der Waals surface area contributed by atoms with Crippen molar-refractivity contribution in [2.75, 3.05) is 26.8 Å². The third kappa shape index (κ3) is 3.49. The van der Waals surface area contributed by atoms with Crippen LogP contribution in [0.25, 0.3) is 0 Å². The first-order valence-corrected chi connectivity index (χ1v) is 4.85. The zero-order chi connectivity index (χ0) is 11.3. The van der Waals surface area contributed by atoms with E-state index in [0.29, 0.717) is 13.2 Å². The second-order valence-corrected chi connectivity index (χ2v) is 3.32. The topological polar surface area (TPSA) is 76.7 Å². The Labute approximate surface area is 88.3 Å². The molecule has 0 bridgehead atoms. The summed E-state index contributed by atoms with van der Waals surface area (Å²) in [5, 5.41) is 5.55. The molecule has 15 heavy (non-hydrogen) atoms. The lowest BCUT2D eigenvalue weighted by molar-refractivity contribution is -0.146. The van der Waals surface area contributed by atoms with E-state index < -0.39 is 18.1 Å². The summed E-state index contributed by atoms with van der Waals surface area (Å²) in [5.41, 5.74) is 0. The van der Waals surface area contributed by atoms with E-state index in [-0.39, 0.29) is 5.91 Å². The van der Waals surface area contributed by atoms with Crippen LogP contribution in [0.4, 0.5) is 0 Å². The molecule has 1 aliphatic heterocycles. The van der Waals surface area contributed by atoms with Crippen molar-refractivity contribution in [2.24, 2.45) is 0 Å². The molecule has 1 fully saturated rings. The molecule has 0 saturated carbocycles. The smallest absolute Gasteiger partial charge is 0.328 e. The first kappa shape index (κ1) is 11.9. The molecule has 6 heteroatoms. The molecular weight excluding hydrogens is 200 g/mol. The van der Waals surface area contributed by atoms with Crippen LogP contribution in [-0.2, 0) is 19.1 Å². The Morgan fingerprint density at radius 1 is 1.60 bits per heavy atom. The third-order valence-corrected chi connectivity index (χ3v) is 2.13. The maximum absolute atomic E-state index is 11.5. The van der Waals surface area contributed by atoms with Gasteiger partial charge in [0.25, 0.3) is 5.91 Å². The van der Waals surface area contributed by atoms with Gasteiger partial charge in [0.15, 0.2) is 0 Å². The zero-order valence-corrected chi connectivity index (χ0v) is 8.91. The molecule has 0 aromatic heterocycles. The summed E-state index contributed by atoms with van der Waals surface area (Å²) in [7, 11) is 1.28. The number of methoxy groups -OCH3 is 1. The second kappa shape index (κ2) is 5.67. The van der Waals surface area contributed by atoms with Crippen molar-refractivity contribution >= 4 is 11.9 Å². The summed E-state index contributed by atoms with van der Waals surface area (Å²) in [6, 6.07) is -0.645. The van der Waals surface area contributed by atoms with E-state index in [1.54, 1.807) is 6.92 Å². The number of rotatable bonds is 3. The Hall–Kier alpha value is -1.14. The molecule has 0 spiro atoms. The minimum Gasteiger partial charge on any atom is -0.467 e. The van der Waals surface area contributed by atoms with Gasteiger partial charge in [-0.1, -0.05) is 0 Å². The minimum atomic E-state index is -0.645. The molecule has 2 atom stereocenters. The minimum absolute atomic E-state index is 0.292. The van der Waals surface area contributed by atoms with Crippen LogP contribution in [0.15, 0.2) is 0 Å². The van der Waals surface area contributed by atoms with E-state index in [2.05, 4.69) is 15.4 Å². The second-order valence-electron chi connectivity index (χ2n) is 3.32. The van der Waals surface area contributed by atoms with E-state index in [9.17, 15) is 9.59 Å². The number of carbonyl (C=O) groups excluding carboxylic acids is 2. The number of ether oxygens (including phenoxy) is 2. The maximum atomic E-state index is 11.5. The first-order chi connectivity index (χ1) is 7.15. The summed E-state index contributed by atoms with van der Waals surface area (Å²) in [6.07, 6.45) is -0.522. The van der Waals surface area contributed by atoms with Gasteiger partial charge in [-0.15, -0.1) is 0 Å². The first-order valence-electron chi connectivity index (χ1n) is 4.85. The lowest BCUT2D eigenvalue weighted by atomic mass is 10.2. The van der Waals surface area contributed by atoms with Crippen LogP contribution >= 0.6 is 0 Å². The Morgan fingerprint density at radius 3 is 2.87 bits per heavy atom. The van der Waals surface area contributed by atoms with Crippen molar-refractivity contribution < 1.29 is 19.1 Å². The Bertz CT molecular complexity index is 238. The van der Waals surface area contributed by atoms with Crippen LogP contribution in [0.1, 0.15) is 6.92 Å². The molecule has 1 aliphatic rings. The SMILES string of the molecule is COC(=O)C(C)NC(=O)C1CNCCO1. The molecule has 1 amide bonds. The zero-order valence-electron chi connectivity index (χ0n) is 8.91. The van der Waals surface area contributed by atoms with Crippen LogP contribution in [0.5, 0.6) is 0 Å². The van der Waals surface area contributed by atoms with Crippen LogP contribution in [0.2, 0.25) is 0 Å². The number of amides is 1. The van der Waals surface area contributed by atoms with Crippen LogP contribution in [0, 0.1) is 0 Å². The molecule has 1 saturated heterocycles. The number of hydrogen-bond donors (Lipinski definition) is 2. The van der Waals surface area contributed by atoms with E-state index in [0.717, 1.165) is 6.54 Å². The van der Waals surface area contributed by atoms with Gasteiger partial charge in [0.05, 0.1) is 13.7 Å². The molecule has 2 unspecified atom stereocenters. The largest absolute Gasteiger partial charge is 0.467 e. The van der Waals surface area contributed by atoms with Crippen molar-refractivity contribution in [1.29, 1.82) is 0 Å². The van der Waals surface area contributed by atoms with Gasteiger partial charge in [-0.2, -0.15) is 0 Å². The van der Waals surface area contributed by atoms with E-state index in [1.807, 2.05) is 0 Å². The molecule has 1 heterocycles. The van der Waals surface area contributed by atoms with Crippen molar-refractivity contribution in [3.63, 3.8) is 0 Å². The molecule has 1 rings (SSSR count). The standard InChI is InChI=1S/C9H16N2O4/c1-6(9(13)14-2)11-8(12)7-5-10-3-4-15-7/h6-7,10H,3-5H2,1-2H3,(H,11,12). The quantitative estimate of drug-likeness (QED) is 0.571. The molecular formula is C9H16N2O4. The monoisotopic (exact) mass is 216 g/mol. The highest BCUT2D eigenvalue weighted by molar-refractivity contribution is 5.86. The van der Waals surface area contributed by atoms with Crippen molar-refractivity contribution in [3.05, 3.63) is 0 Å². The highest BCUT2D eigenvalue weighted by Crippen LogP contribution is 1.97. The van der Waals surface area contributed by atoms with Crippen LogP contribution in [-0.4, -0.2) is 50.8 Å². The van der Waals surface area contributed by atoms with Gasteiger partial charge in [-0.05, 0) is 6.92 Å². The number of morpholine rings is 1. The lowest BCUT2D eigenvalue weighted by Crippen LogP contribution is -2.51. The Morgan fingerprint density at radius 2 is 2.33 bits per heavy atom. The average Bonchev–Trinajstić information content (AvgIpc) is 2.29.